The van der Waals surface area contributed by atoms with Crippen molar-refractivity contribution in [2.45, 2.75) is 26.6 Å². The van der Waals surface area contributed by atoms with E-state index in [9.17, 15) is 13.2 Å². The van der Waals surface area contributed by atoms with Crippen molar-refractivity contribution in [3.8, 4) is 0 Å². The number of thiocarbonyl (C=S) groups is 1. The summed E-state index contributed by atoms with van der Waals surface area (Å²) in [5, 5.41) is 11.2. The van der Waals surface area contributed by atoms with E-state index in [0.29, 0.717) is 17.3 Å². The summed E-state index contributed by atoms with van der Waals surface area (Å²) >= 11 is 11.2. The van der Waals surface area contributed by atoms with Gasteiger partial charge in [-0.05, 0) is 62.0 Å². The minimum Gasteiger partial charge on any atom is -0.332 e. The number of anilines is 2. The SMILES string of the molecule is Cc1nn(Cc2ccc(Cl)cc2)c(C)c1NC(=S)Nc1cccc(C(F)(F)F)c1. The molecule has 3 aromatic rings. The number of hydrogen-bond donors (Lipinski definition) is 2. The number of nitrogens with one attached hydrogen (secondary N) is 2. The van der Waals surface area contributed by atoms with E-state index in [1.807, 2.05) is 42.8 Å². The van der Waals surface area contributed by atoms with Crippen LogP contribution in [0.25, 0.3) is 0 Å². The summed E-state index contributed by atoms with van der Waals surface area (Å²) in [6.45, 7) is 4.28. The summed E-state index contributed by atoms with van der Waals surface area (Å²) in [5.74, 6) is 0. The van der Waals surface area contributed by atoms with Gasteiger partial charge in [0.2, 0.25) is 0 Å². The van der Waals surface area contributed by atoms with Gasteiger partial charge in [-0.25, -0.2) is 0 Å². The molecule has 3 rings (SSSR count). The first-order valence-corrected chi connectivity index (χ1v) is 9.46. The van der Waals surface area contributed by atoms with Gasteiger partial charge < -0.3 is 10.6 Å². The second-order valence-electron chi connectivity index (χ2n) is 6.49. The zero-order chi connectivity index (χ0) is 21.2. The molecule has 0 saturated carbocycles. The Morgan fingerprint density at radius 3 is 2.45 bits per heavy atom. The van der Waals surface area contributed by atoms with Crippen LogP contribution in [-0.2, 0) is 12.7 Å². The third-order valence-corrected chi connectivity index (χ3v) is 4.77. The van der Waals surface area contributed by atoms with Crippen LogP contribution in [0.15, 0.2) is 48.5 Å². The third kappa shape index (κ3) is 5.27. The molecule has 0 amide bonds. The van der Waals surface area contributed by atoms with Gasteiger partial charge in [-0.1, -0.05) is 29.8 Å². The van der Waals surface area contributed by atoms with Crippen LogP contribution in [0.1, 0.15) is 22.5 Å². The number of nitrogens with zero attached hydrogens (tertiary/aromatic N) is 2. The zero-order valence-corrected chi connectivity index (χ0v) is 17.2. The number of hydrogen-bond acceptors (Lipinski definition) is 2. The van der Waals surface area contributed by atoms with Gasteiger partial charge in [0.05, 0.1) is 29.2 Å². The molecule has 1 aromatic heterocycles. The molecule has 0 fully saturated rings. The molecular weight excluding hydrogens is 421 g/mol. The Labute approximate surface area is 176 Å². The molecule has 0 saturated heterocycles. The molecule has 4 nitrogen and oxygen atoms in total. The highest BCUT2D eigenvalue weighted by atomic mass is 35.5. The van der Waals surface area contributed by atoms with Gasteiger partial charge in [0, 0.05) is 10.7 Å². The summed E-state index contributed by atoms with van der Waals surface area (Å²) in [5.41, 5.74) is 2.84. The van der Waals surface area contributed by atoms with Crippen LogP contribution >= 0.6 is 23.8 Å². The second-order valence-corrected chi connectivity index (χ2v) is 7.33. The van der Waals surface area contributed by atoms with Crippen molar-refractivity contribution in [3.63, 3.8) is 0 Å². The molecule has 0 radical (unpaired) electrons. The van der Waals surface area contributed by atoms with E-state index < -0.39 is 11.7 Å². The Kier molecular flexibility index (Phi) is 6.14. The molecule has 0 aliphatic carbocycles. The Hall–Kier alpha value is -2.58. The lowest BCUT2D eigenvalue weighted by atomic mass is 10.2. The van der Waals surface area contributed by atoms with Crippen LogP contribution in [0.5, 0.6) is 0 Å². The quantitative estimate of drug-likeness (QED) is 0.488. The number of alkyl halides is 3. The van der Waals surface area contributed by atoms with Crippen LogP contribution in [0.3, 0.4) is 0 Å². The van der Waals surface area contributed by atoms with Crippen molar-refractivity contribution in [2.24, 2.45) is 0 Å². The third-order valence-electron chi connectivity index (χ3n) is 4.31. The first-order valence-electron chi connectivity index (χ1n) is 8.67. The molecule has 0 bridgehead atoms. The molecule has 0 atom stereocenters. The molecule has 9 heteroatoms. The van der Waals surface area contributed by atoms with Gasteiger partial charge in [0.25, 0.3) is 0 Å². The standard InChI is InChI=1S/C20H18ClF3N4S/c1-12-18(13(2)28(27-12)11-14-6-8-16(21)9-7-14)26-19(29)25-17-5-3-4-15(10-17)20(22,23)24/h3-10H,11H2,1-2H3,(H2,25,26,29). The predicted molar refractivity (Wildman–Crippen MR) is 114 cm³/mol. The van der Waals surface area contributed by atoms with Crippen LogP contribution in [-0.4, -0.2) is 14.9 Å². The van der Waals surface area contributed by atoms with Gasteiger partial charge in [0.15, 0.2) is 5.11 Å². The summed E-state index contributed by atoms with van der Waals surface area (Å²) in [6, 6.07) is 12.3. The average Bonchev–Trinajstić information content (AvgIpc) is 2.90. The molecule has 2 aromatic carbocycles. The molecule has 0 aliphatic heterocycles. The highest BCUT2D eigenvalue weighted by molar-refractivity contribution is 7.80. The molecule has 152 valence electrons. The molecule has 1 heterocycles. The van der Waals surface area contributed by atoms with Crippen molar-refractivity contribution >= 4 is 40.3 Å². The van der Waals surface area contributed by atoms with Gasteiger partial charge in [-0.15, -0.1) is 0 Å². The van der Waals surface area contributed by atoms with E-state index in [-0.39, 0.29) is 10.8 Å². The average molecular weight is 439 g/mol. The molecule has 29 heavy (non-hydrogen) atoms. The monoisotopic (exact) mass is 438 g/mol. The predicted octanol–water partition coefficient (Wildman–Crippen LogP) is 6.03. The van der Waals surface area contributed by atoms with Crippen LogP contribution < -0.4 is 10.6 Å². The number of halogens is 4. The number of benzene rings is 2. The Balaban J connectivity index is 1.72. The Bertz CT molecular complexity index is 1030. The normalized spacial score (nSPS) is 11.4. The van der Waals surface area contributed by atoms with Gasteiger partial charge in [-0.2, -0.15) is 18.3 Å². The number of aryl methyl sites for hydroxylation is 1. The largest absolute Gasteiger partial charge is 0.416 e. The number of aromatic nitrogens is 2. The van der Waals surface area contributed by atoms with Crippen LogP contribution in [0.2, 0.25) is 5.02 Å². The molecule has 0 unspecified atom stereocenters. The van der Waals surface area contributed by atoms with E-state index in [1.165, 1.54) is 12.1 Å². The minimum absolute atomic E-state index is 0.182. The van der Waals surface area contributed by atoms with Crippen LogP contribution in [0.4, 0.5) is 24.5 Å². The fraction of sp³-hybridized carbons (Fsp3) is 0.200. The smallest absolute Gasteiger partial charge is 0.332 e. The fourth-order valence-corrected chi connectivity index (χ4v) is 3.19. The van der Waals surface area contributed by atoms with Crippen molar-refractivity contribution in [1.29, 1.82) is 0 Å². The van der Waals surface area contributed by atoms with Gasteiger partial charge in [-0.3, -0.25) is 4.68 Å². The summed E-state index contributed by atoms with van der Waals surface area (Å²) in [4.78, 5) is 0. The summed E-state index contributed by atoms with van der Waals surface area (Å²) in [6.07, 6.45) is -4.41. The first-order chi connectivity index (χ1) is 13.6. The van der Waals surface area contributed by atoms with Crippen molar-refractivity contribution < 1.29 is 13.2 Å². The Morgan fingerprint density at radius 1 is 1.10 bits per heavy atom. The summed E-state index contributed by atoms with van der Waals surface area (Å²) < 4.78 is 40.4. The fourth-order valence-electron chi connectivity index (χ4n) is 2.84. The molecule has 0 spiro atoms. The summed E-state index contributed by atoms with van der Waals surface area (Å²) in [7, 11) is 0. The maximum absolute atomic E-state index is 12.9. The van der Waals surface area contributed by atoms with Crippen molar-refractivity contribution in [3.05, 3.63) is 76.1 Å². The van der Waals surface area contributed by atoms with E-state index in [1.54, 1.807) is 0 Å². The van der Waals surface area contributed by atoms with E-state index >= 15 is 0 Å². The van der Waals surface area contributed by atoms with E-state index in [2.05, 4.69) is 15.7 Å². The highest BCUT2D eigenvalue weighted by Gasteiger charge is 2.30. The van der Waals surface area contributed by atoms with E-state index in [4.69, 9.17) is 23.8 Å². The molecule has 0 aliphatic rings. The Morgan fingerprint density at radius 2 is 1.79 bits per heavy atom. The first kappa shape index (κ1) is 21.1. The zero-order valence-electron chi connectivity index (χ0n) is 15.6. The van der Waals surface area contributed by atoms with Gasteiger partial charge >= 0.3 is 6.18 Å². The van der Waals surface area contributed by atoms with Gasteiger partial charge in [0.1, 0.15) is 0 Å². The van der Waals surface area contributed by atoms with Crippen LogP contribution in [0, 0.1) is 13.8 Å². The lowest BCUT2D eigenvalue weighted by Crippen LogP contribution is -2.20. The molecule has 2 N–H and O–H groups in total. The maximum atomic E-state index is 12.9. The molecular formula is C20H18ClF3N4S. The minimum atomic E-state index is -4.41. The maximum Gasteiger partial charge on any atom is 0.416 e. The highest BCUT2D eigenvalue weighted by Crippen LogP contribution is 2.30. The lowest BCUT2D eigenvalue weighted by Gasteiger charge is -2.13. The number of rotatable bonds is 4. The lowest BCUT2D eigenvalue weighted by molar-refractivity contribution is -0.137. The van der Waals surface area contributed by atoms with E-state index in [0.717, 1.165) is 29.1 Å². The van der Waals surface area contributed by atoms with Crippen molar-refractivity contribution in [1.82, 2.24) is 9.78 Å². The topological polar surface area (TPSA) is 41.9 Å². The second kappa shape index (κ2) is 8.42. The van der Waals surface area contributed by atoms with Crippen molar-refractivity contribution in [2.75, 3.05) is 10.6 Å².